The molecule has 1 saturated heterocycles. The topological polar surface area (TPSA) is 53.5 Å². The summed E-state index contributed by atoms with van der Waals surface area (Å²) in [6, 6.07) is 13.3. The van der Waals surface area contributed by atoms with Gasteiger partial charge in [0.05, 0.1) is 30.6 Å². The van der Waals surface area contributed by atoms with E-state index in [9.17, 15) is 13.2 Å². The Hall–Kier alpha value is -3.00. The minimum absolute atomic E-state index is 0.254. The summed E-state index contributed by atoms with van der Waals surface area (Å²) in [6.07, 6.45) is -2.43. The van der Waals surface area contributed by atoms with E-state index in [0.29, 0.717) is 17.0 Å². The molecule has 37 heavy (non-hydrogen) atoms. The lowest BCUT2D eigenvalue weighted by molar-refractivity contribution is -0.140. The first-order chi connectivity index (χ1) is 17.7. The van der Waals surface area contributed by atoms with Gasteiger partial charge in [0.25, 0.3) is 0 Å². The predicted molar refractivity (Wildman–Crippen MR) is 145 cm³/mol. The molecular formula is C27H32F3N5OS. The molecule has 3 N–H and O–H groups in total. The lowest BCUT2D eigenvalue weighted by Crippen LogP contribution is -2.35. The molecule has 1 fully saturated rings. The summed E-state index contributed by atoms with van der Waals surface area (Å²) in [7, 11) is 5.52. The molecular weight excluding hydrogens is 499 g/mol. The number of halogens is 3. The fraction of sp³-hybridized carbons (Fsp3) is 0.407. The number of methoxy groups -OCH3 is 1. The van der Waals surface area contributed by atoms with Gasteiger partial charge in [0.2, 0.25) is 0 Å². The molecule has 0 saturated carbocycles. The van der Waals surface area contributed by atoms with E-state index in [0.717, 1.165) is 47.6 Å². The molecule has 3 aromatic rings. The van der Waals surface area contributed by atoms with E-state index in [1.54, 1.807) is 37.3 Å². The fourth-order valence-corrected chi connectivity index (χ4v) is 5.12. The van der Waals surface area contributed by atoms with Crippen molar-refractivity contribution in [1.29, 1.82) is 0 Å². The molecule has 1 aliphatic rings. The van der Waals surface area contributed by atoms with Gasteiger partial charge in [-0.15, -0.1) is 0 Å². The van der Waals surface area contributed by atoms with E-state index in [4.69, 9.17) is 4.74 Å². The lowest BCUT2D eigenvalue weighted by atomic mass is 10.1. The quantitative estimate of drug-likeness (QED) is 0.267. The average molecular weight is 532 g/mol. The van der Waals surface area contributed by atoms with Gasteiger partial charge in [-0.25, -0.2) is 0 Å². The third-order valence-electron chi connectivity index (χ3n) is 6.03. The minimum atomic E-state index is -4.36. The zero-order valence-corrected chi connectivity index (χ0v) is 22.0. The number of alkyl halides is 3. The Morgan fingerprint density at radius 2 is 1.92 bits per heavy atom. The van der Waals surface area contributed by atoms with Crippen LogP contribution < -0.4 is 20.7 Å². The summed E-state index contributed by atoms with van der Waals surface area (Å²) in [4.78, 5) is 1.03. The van der Waals surface area contributed by atoms with Gasteiger partial charge in [0.1, 0.15) is 12.3 Å². The maximum atomic E-state index is 13.5. The van der Waals surface area contributed by atoms with Gasteiger partial charge < -0.3 is 25.3 Å². The Morgan fingerprint density at radius 1 is 1.14 bits per heavy atom. The summed E-state index contributed by atoms with van der Waals surface area (Å²) in [6.45, 7) is 1.01. The van der Waals surface area contributed by atoms with Crippen LogP contribution >= 0.6 is 11.9 Å². The molecule has 0 amide bonds. The number of benzene rings is 2. The van der Waals surface area contributed by atoms with E-state index in [1.807, 2.05) is 42.7 Å². The predicted octanol–water partition coefficient (Wildman–Crippen LogP) is 5.41. The van der Waals surface area contributed by atoms with Crippen LogP contribution in [0.3, 0.4) is 0 Å². The molecule has 0 radical (unpaired) electrons. The third kappa shape index (κ3) is 7.28. The van der Waals surface area contributed by atoms with E-state index in [2.05, 4.69) is 27.8 Å². The number of nitrogens with zero attached hydrogens (tertiary/aromatic N) is 2. The van der Waals surface area contributed by atoms with Crippen molar-refractivity contribution in [1.82, 2.24) is 14.2 Å². The van der Waals surface area contributed by atoms with Crippen molar-refractivity contribution >= 4 is 34.2 Å². The minimum Gasteiger partial charge on any atom is -0.495 e. The SMILES string of the molecule is COc1cc(SN(C)C)ccc1NCC#Cc1cc2c(NC3CCNCC3)cccc2n1CC(F)(F)F. The van der Waals surface area contributed by atoms with Crippen LogP contribution in [-0.4, -0.2) is 61.9 Å². The Kier molecular flexibility index (Phi) is 8.79. The van der Waals surface area contributed by atoms with Gasteiger partial charge in [-0.05, 0) is 94.3 Å². The molecule has 0 bridgehead atoms. The van der Waals surface area contributed by atoms with E-state index >= 15 is 0 Å². The van der Waals surface area contributed by atoms with Crippen molar-refractivity contribution in [3.05, 3.63) is 48.2 Å². The molecule has 0 aliphatic carbocycles. The Morgan fingerprint density at radius 3 is 2.62 bits per heavy atom. The maximum absolute atomic E-state index is 13.5. The highest BCUT2D eigenvalue weighted by molar-refractivity contribution is 7.97. The van der Waals surface area contributed by atoms with Gasteiger partial charge in [-0.3, -0.25) is 4.31 Å². The number of fused-ring (bicyclic) bond motifs is 1. The van der Waals surface area contributed by atoms with Crippen LogP contribution in [0.4, 0.5) is 24.5 Å². The molecule has 2 heterocycles. The van der Waals surface area contributed by atoms with Gasteiger partial charge in [0, 0.05) is 22.0 Å². The molecule has 0 atom stereocenters. The van der Waals surface area contributed by atoms with Crippen molar-refractivity contribution in [3.63, 3.8) is 0 Å². The van der Waals surface area contributed by atoms with Crippen LogP contribution in [0.1, 0.15) is 18.5 Å². The van der Waals surface area contributed by atoms with Crippen molar-refractivity contribution in [2.75, 3.05) is 51.5 Å². The van der Waals surface area contributed by atoms with E-state index in [-0.39, 0.29) is 12.6 Å². The number of hydrogen-bond acceptors (Lipinski definition) is 6. The van der Waals surface area contributed by atoms with Crippen molar-refractivity contribution in [2.45, 2.75) is 36.5 Å². The zero-order chi connectivity index (χ0) is 26.4. The number of hydrogen-bond donors (Lipinski definition) is 3. The molecule has 10 heteroatoms. The number of anilines is 2. The van der Waals surface area contributed by atoms with Crippen molar-refractivity contribution in [2.24, 2.45) is 0 Å². The second kappa shape index (κ2) is 12.0. The molecule has 0 spiro atoms. The first-order valence-electron chi connectivity index (χ1n) is 12.2. The second-order valence-electron chi connectivity index (χ2n) is 9.06. The normalized spacial score (nSPS) is 14.5. The zero-order valence-electron chi connectivity index (χ0n) is 21.2. The van der Waals surface area contributed by atoms with Crippen molar-refractivity contribution < 1.29 is 17.9 Å². The molecule has 198 valence electrons. The van der Waals surface area contributed by atoms with Gasteiger partial charge >= 0.3 is 6.18 Å². The van der Waals surface area contributed by atoms with Gasteiger partial charge in [0.15, 0.2) is 0 Å². The lowest BCUT2D eigenvalue weighted by Gasteiger charge is -2.25. The van der Waals surface area contributed by atoms with Crippen LogP contribution in [0.15, 0.2) is 47.4 Å². The molecule has 6 nitrogen and oxygen atoms in total. The third-order valence-corrected chi connectivity index (χ3v) is 6.86. The molecule has 4 rings (SSSR count). The van der Waals surface area contributed by atoms with Gasteiger partial charge in [-0.2, -0.15) is 13.2 Å². The first kappa shape index (κ1) is 27.0. The summed E-state index contributed by atoms with van der Waals surface area (Å²) in [5.74, 6) is 6.63. The molecule has 2 aromatic carbocycles. The standard InChI is InChI=1S/C27H32F3N5OS/c1-34(2)37-21-9-10-24(26(17-21)36-3)32-13-5-6-20-16-22-23(33-19-11-14-31-15-12-19)7-4-8-25(22)35(20)18-27(28,29)30/h4,7-10,16-17,19,31-33H,11-15,18H2,1-3H3. The maximum Gasteiger partial charge on any atom is 0.406 e. The average Bonchev–Trinajstić information content (AvgIpc) is 3.19. The first-order valence-corrected chi connectivity index (χ1v) is 12.9. The van der Waals surface area contributed by atoms with Crippen molar-refractivity contribution in [3.8, 4) is 17.6 Å². The van der Waals surface area contributed by atoms with E-state index < -0.39 is 12.7 Å². The highest BCUT2D eigenvalue weighted by Crippen LogP contribution is 2.32. The van der Waals surface area contributed by atoms with Crippen LogP contribution in [0.25, 0.3) is 10.9 Å². The van der Waals surface area contributed by atoms with Crippen LogP contribution in [-0.2, 0) is 6.54 Å². The summed E-state index contributed by atoms with van der Waals surface area (Å²) in [5.41, 5.74) is 2.46. The Balaban J connectivity index is 1.57. The number of aromatic nitrogens is 1. The number of piperidine rings is 1. The Labute approximate surface area is 220 Å². The summed E-state index contributed by atoms with van der Waals surface area (Å²) < 4.78 is 49.2. The monoisotopic (exact) mass is 531 g/mol. The van der Waals surface area contributed by atoms with Gasteiger partial charge in [-0.1, -0.05) is 12.0 Å². The largest absolute Gasteiger partial charge is 0.495 e. The van der Waals surface area contributed by atoms with Crippen LogP contribution in [0.2, 0.25) is 0 Å². The fourth-order valence-electron chi connectivity index (χ4n) is 4.41. The Bertz CT molecular complexity index is 1270. The van der Waals surface area contributed by atoms with Crippen LogP contribution in [0.5, 0.6) is 5.75 Å². The molecule has 1 aromatic heterocycles. The summed E-state index contributed by atoms with van der Waals surface area (Å²) in [5, 5.41) is 10.8. The smallest absolute Gasteiger partial charge is 0.406 e. The number of rotatable bonds is 8. The molecule has 1 aliphatic heterocycles. The highest BCUT2D eigenvalue weighted by Gasteiger charge is 2.30. The highest BCUT2D eigenvalue weighted by atomic mass is 32.2. The summed E-state index contributed by atoms with van der Waals surface area (Å²) >= 11 is 1.58. The van der Waals surface area contributed by atoms with E-state index in [1.165, 1.54) is 4.57 Å². The molecule has 0 unspecified atom stereocenters. The second-order valence-corrected chi connectivity index (χ2v) is 10.4. The number of nitrogens with one attached hydrogen (secondary N) is 3. The van der Waals surface area contributed by atoms with Crippen LogP contribution in [0, 0.1) is 11.8 Å². The number of ether oxygens (including phenoxy) is 1.